The number of nitrogens with one attached hydrogen (secondary N) is 2. The Morgan fingerprint density at radius 2 is 1.79 bits per heavy atom. The normalized spacial score (nSPS) is 10.8. The fourth-order valence-corrected chi connectivity index (χ4v) is 3.86. The molecule has 0 unspecified atom stereocenters. The Balaban J connectivity index is 1.36. The van der Waals surface area contributed by atoms with E-state index in [1.54, 1.807) is 37.6 Å². The average Bonchev–Trinajstić information content (AvgIpc) is 3.26. The minimum atomic E-state index is -0.313. The van der Waals surface area contributed by atoms with Gasteiger partial charge in [-0.3, -0.25) is 10.2 Å². The molecule has 0 aliphatic carbocycles. The predicted molar refractivity (Wildman–Crippen MR) is 131 cm³/mol. The zero-order valence-corrected chi connectivity index (χ0v) is 18.9. The summed E-state index contributed by atoms with van der Waals surface area (Å²) in [5.74, 6) is 1.20. The molecule has 0 aliphatic heterocycles. The van der Waals surface area contributed by atoms with Crippen LogP contribution in [0.4, 0.5) is 10.8 Å². The van der Waals surface area contributed by atoms with Gasteiger partial charge in [-0.1, -0.05) is 35.6 Å². The van der Waals surface area contributed by atoms with Crippen LogP contribution in [0.25, 0.3) is 10.2 Å². The first-order valence-electron chi connectivity index (χ1n) is 10.0. The number of thiazole rings is 1. The molecule has 4 rings (SSSR count). The molecule has 168 valence electrons. The third-order valence-electron chi connectivity index (χ3n) is 4.60. The summed E-state index contributed by atoms with van der Waals surface area (Å²) in [6, 6.07) is 20.4. The summed E-state index contributed by atoms with van der Waals surface area (Å²) in [5, 5.41) is 7.73. The van der Waals surface area contributed by atoms with E-state index >= 15 is 0 Å². The maximum absolute atomic E-state index is 12.3. The second kappa shape index (κ2) is 10.5. The number of amides is 1. The van der Waals surface area contributed by atoms with Gasteiger partial charge in [0.05, 0.1) is 36.3 Å². The molecule has 0 fully saturated rings. The molecule has 1 heterocycles. The highest BCUT2D eigenvalue weighted by atomic mass is 32.1. The molecule has 9 heteroatoms. The van der Waals surface area contributed by atoms with Crippen molar-refractivity contribution in [3.63, 3.8) is 0 Å². The number of methoxy groups -OCH3 is 2. The zero-order chi connectivity index (χ0) is 23.0. The van der Waals surface area contributed by atoms with Crippen LogP contribution in [0.2, 0.25) is 0 Å². The van der Waals surface area contributed by atoms with E-state index in [0.717, 1.165) is 15.8 Å². The fourth-order valence-electron chi connectivity index (χ4n) is 3.04. The smallest absolute Gasteiger partial charge is 0.262 e. The quantitative estimate of drug-likeness (QED) is 0.275. The molecular weight excluding hydrogens is 440 g/mol. The number of ether oxygens (including phenoxy) is 3. The van der Waals surface area contributed by atoms with Crippen LogP contribution in [-0.2, 0) is 4.79 Å². The van der Waals surface area contributed by atoms with E-state index in [1.165, 1.54) is 18.4 Å². The lowest BCUT2D eigenvalue weighted by molar-refractivity contribution is -0.118. The van der Waals surface area contributed by atoms with E-state index in [-0.39, 0.29) is 12.5 Å². The molecule has 33 heavy (non-hydrogen) atoms. The largest absolute Gasteiger partial charge is 0.495 e. The number of carbonyl (C=O) groups is 1. The number of aromatic nitrogens is 1. The summed E-state index contributed by atoms with van der Waals surface area (Å²) in [4.78, 5) is 16.8. The van der Waals surface area contributed by atoms with Crippen molar-refractivity contribution in [2.24, 2.45) is 5.10 Å². The standard InChI is InChI=1S/C24H22N4O4S/c1-30-19-9-5-3-7-17(19)26-23(29)15-32-20-12-11-16(13-21(20)31-2)14-25-28-24-27-18-8-4-6-10-22(18)33-24/h3-14H,15H2,1-2H3,(H,26,29)(H,27,28)/b25-14-. The fraction of sp³-hybridized carbons (Fsp3) is 0.125. The molecule has 0 saturated carbocycles. The van der Waals surface area contributed by atoms with Crippen LogP contribution >= 0.6 is 11.3 Å². The summed E-state index contributed by atoms with van der Waals surface area (Å²) in [6.07, 6.45) is 1.66. The van der Waals surface area contributed by atoms with Crippen molar-refractivity contribution in [2.75, 3.05) is 31.6 Å². The Hall–Kier alpha value is -4.11. The molecule has 0 atom stereocenters. The van der Waals surface area contributed by atoms with Crippen LogP contribution in [0.1, 0.15) is 5.56 Å². The highest BCUT2D eigenvalue weighted by Crippen LogP contribution is 2.28. The van der Waals surface area contributed by atoms with Gasteiger partial charge in [0, 0.05) is 0 Å². The Kier molecular flexibility index (Phi) is 7.01. The van der Waals surface area contributed by atoms with E-state index in [9.17, 15) is 4.79 Å². The Bertz CT molecular complexity index is 1260. The van der Waals surface area contributed by atoms with Crippen LogP contribution in [-0.4, -0.2) is 37.9 Å². The lowest BCUT2D eigenvalue weighted by atomic mass is 10.2. The van der Waals surface area contributed by atoms with Gasteiger partial charge in [0.15, 0.2) is 18.1 Å². The highest BCUT2D eigenvalue weighted by molar-refractivity contribution is 7.22. The number of para-hydroxylation sites is 3. The van der Waals surface area contributed by atoms with Gasteiger partial charge in [-0.2, -0.15) is 5.10 Å². The third-order valence-corrected chi connectivity index (χ3v) is 5.54. The van der Waals surface area contributed by atoms with Gasteiger partial charge < -0.3 is 19.5 Å². The molecule has 2 N–H and O–H groups in total. The molecule has 3 aromatic carbocycles. The number of hydrazone groups is 1. The van der Waals surface area contributed by atoms with Crippen molar-refractivity contribution in [1.82, 2.24) is 4.98 Å². The SMILES string of the molecule is COc1ccccc1NC(=O)COc1ccc(/C=N\Nc2nc3ccccc3s2)cc1OC. The number of hydrogen-bond acceptors (Lipinski definition) is 8. The molecular formula is C24H22N4O4S. The molecule has 0 aliphatic rings. The molecule has 0 radical (unpaired) electrons. The lowest BCUT2D eigenvalue weighted by Gasteiger charge is -2.12. The number of rotatable bonds is 9. The monoisotopic (exact) mass is 462 g/mol. The minimum Gasteiger partial charge on any atom is -0.495 e. The van der Waals surface area contributed by atoms with Gasteiger partial charge in [0.25, 0.3) is 5.91 Å². The van der Waals surface area contributed by atoms with Crippen molar-refractivity contribution in [2.45, 2.75) is 0 Å². The summed E-state index contributed by atoms with van der Waals surface area (Å²) < 4.78 is 17.4. The maximum atomic E-state index is 12.3. The van der Waals surface area contributed by atoms with E-state index in [1.807, 2.05) is 42.5 Å². The molecule has 0 saturated heterocycles. The first-order chi connectivity index (χ1) is 16.2. The molecule has 1 aromatic heterocycles. The number of anilines is 2. The van der Waals surface area contributed by atoms with Gasteiger partial charge in [0.1, 0.15) is 5.75 Å². The van der Waals surface area contributed by atoms with E-state index in [2.05, 4.69) is 20.8 Å². The van der Waals surface area contributed by atoms with Crippen molar-refractivity contribution in [3.8, 4) is 17.2 Å². The summed E-state index contributed by atoms with van der Waals surface area (Å²) in [5.41, 5.74) is 5.25. The summed E-state index contributed by atoms with van der Waals surface area (Å²) in [6.45, 7) is -0.180. The van der Waals surface area contributed by atoms with Crippen LogP contribution < -0.4 is 25.0 Å². The number of benzene rings is 3. The van der Waals surface area contributed by atoms with Crippen molar-refractivity contribution in [1.29, 1.82) is 0 Å². The molecule has 8 nitrogen and oxygen atoms in total. The Labute approximate surface area is 194 Å². The van der Waals surface area contributed by atoms with Gasteiger partial charge >= 0.3 is 0 Å². The van der Waals surface area contributed by atoms with Crippen LogP contribution in [0.3, 0.4) is 0 Å². The molecule has 1 amide bonds. The predicted octanol–water partition coefficient (Wildman–Crippen LogP) is 4.78. The van der Waals surface area contributed by atoms with E-state index in [0.29, 0.717) is 28.1 Å². The number of fused-ring (bicyclic) bond motifs is 1. The van der Waals surface area contributed by atoms with E-state index < -0.39 is 0 Å². The van der Waals surface area contributed by atoms with Crippen LogP contribution in [0.5, 0.6) is 17.2 Å². The van der Waals surface area contributed by atoms with Crippen LogP contribution in [0, 0.1) is 0 Å². The second-order valence-corrected chi connectivity index (χ2v) is 7.83. The topological polar surface area (TPSA) is 94.1 Å². The number of hydrogen-bond donors (Lipinski definition) is 2. The van der Waals surface area contributed by atoms with Crippen LogP contribution in [0.15, 0.2) is 71.8 Å². The third kappa shape index (κ3) is 5.58. The van der Waals surface area contributed by atoms with E-state index in [4.69, 9.17) is 14.2 Å². The first kappa shape index (κ1) is 22.1. The van der Waals surface area contributed by atoms with Crippen molar-refractivity contribution >= 4 is 44.5 Å². The Morgan fingerprint density at radius 1 is 1.00 bits per heavy atom. The maximum Gasteiger partial charge on any atom is 0.262 e. The highest BCUT2D eigenvalue weighted by Gasteiger charge is 2.11. The summed E-state index contributed by atoms with van der Waals surface area (Å²) in [7, 11) is 3.09. The number of carbonyl (C=O) groups excluding carboxylic acids is 1. The van der Waals surface area contributed by atoms with Gasteiger partial charge in [-0.25, -0.2) is 4.98 Å². The zero-order valence-electron chi connectivity index (χ0n) is 18.1. The van der Waals surface area contributed by atoms with Crippen molar-refractivity contribution < 1.29 is 19.0 Å². The second-order valence-electron chi connectivity index (χ2n) is 6.80. The first-order valence-corrected chi connectivity index (χ1v) is 10.9. The average molecular weight is 463 g/mol. The molecule has 0 bridgehead atoms. The molecule has 4 aromatic rings. The minimum absolute atomic E-state index is 0.180. The van der Waals surface area contributed by atoms with Gasteiger partial charge in [-0.05, 0) is 48.0 Å². The van der Waals surface area contributed by atoms with Crippen molar-refractivity contribution in [3.05, 3.63) is 72.3 Å². The molecule has 0 spiro atoms. The van der Waals surface area contributed by atoms with Gasteiger partial charge in [-0.15, -0.1) is 0 Å². The lowest BCUT2D eigenvalue weighted by Crippen LogP contribution is -2.20. The Morgan fingerprint density at radius 3 is 2.61 bits per heavy atom. The number of nitrogens with zero attached hydrogens (tertiary/aromatic N) is 2. The van der Waals surface area contributed by atoms with Gasteiger partial charge in [0.2, 0.25) is 5.13 Å². The summed E-state index contributed by atoms with van der Waals surface area (Å²) >= 11 is 1.53.